The van der Waals surface area contributed by atoms with Crippen LogP contribution in [0.3, 0.4) is 0 Å². The van der Waals surface area contributed by atoms with Gasteiger partial charge in [0.05, 0.1) is 17.6 Å². The summed E-state index contributed by atoms with van der Waals surface area (Å²) in [5, 5.41) is 2.98. The van der Waals surface area contributed by atoms with Crippen LogP contribution < -0.4 is 10.1 Å². The van der Waals surface area contributed by atoms with E-state index < -0.39 is 0 Å². The molecule has 5 heteroatoms. The van der Waals surface area contributed by atoms with Crippen molar-refractivity contribution in [1.82, 2.24) is 14.9 Å². The average Bonchev–Trinajstić information content (AvgIpc) is 3.09. The third kappa shape index (κ3) is 5.62. The molecule has 0 spiro atoms. The first-order chi connectivity index (χ1) is 14.5. The molecular formula is C25H33N3O2. The molecule has 0 radical (unpaired) electrons. The lowest BCUT2D eigenvalue weighted by molar-refractivity contribution is -0.123. The van der Waals surface area contributed by atoms with E-state index in [1.807, 2.05) is 44.2 Å². The van der Waals surface area contributed by atoms with Crippen molar-refractivity contribution in [1.29, 1.82) is 0 Å². The topological polar surface area (TPSA) is 56.2 Å². The molecule has 0 unspecified atom stereocenters. The van der Waals surface area contributed by atoms with Gasteiger partial charge in [-0.05, 0) is 42.2 Å². The first-order valence-corrected chi connectivity index (χ1v) is 10.9. The molecule has 5 nitrogen and oxygen atoms in total. The Morgan fingerprint density at radius 1 is 1.07 bits per heavy atom. The number of aromatic nitrogens is 2. The quantitative estimate of drug-likeness (QED) is 0.484. The van der Waals surface area contributed by atoms with Crippen LogP contribution >= 0.6 is 0 Å². The molecule has 0 fully saturated rings. The minimum Gasteiger partial charge on any atom is -0.492 e. The van der Waals surface area contributed by atoms with Crippen molar-refractivity contribution in [2.45, 2.75) is 53.0 Å². The minimum atomic E-state index is 0.0151. The molecule has 1 amide bonds. The van der Waals surface area contributed by atoms with Crippen molar-refractivity contribution < 1.29 is 9.53 Å². The molecule has 3 aromatic rings. The van der Waals surface area contributed by atoms with Crippen molar-refractivity contribution >= 4 is 16.9 Å². The SMILES string of the molecule is CC(C)C(=O)NCCCc1nc2ccccc2n1CCOc1ccc(C(C)C)cc1. The van der Waals surface area contributed by atoms with Gasteiger partial charge in [0.15, 0.2) is 0 Å². The predicted octanol–water partition coefficient (Wildman–Crippen LogP) is 4.94. The van der Waals surface area contributed by atoms with E-state index >= 15 is 0 Å². The van der Waals surface area contributed by atoms with Crippen LogP contribution in [-0.2, 0) is 17.8 Å². The van der Waals surface area contributed by atoms with Gasteiger partial charge in [-0.15, -0.1) is 0 Å². The number of benzene rings is 2. The zero-order chi connectivity index (χ0) is 21.5. The molecule has 0 saturated heterocycles. The molecule has 1 heterocycles. The first kappa shape index (κ1) is 21.9. The fraction of sp³-hybridized carbons (Fsp3) is 0.440. The summed E-state index contributed by atoms with van der Waals surface area (Å²) >= 11 is 0. The van der Waals surface area contributed by atoms with Crippen LogP contribution in [0.1, 0.15) is 51.4 Å². The molecule has 160 valence electrons. The van der Waals surface area contributed by atoms with Crippen LogP contribution in [0.5, 0.6) is 5.75 Å². The van der Waals surface area contributed by atoms with E-state index in [0.717, 1.165) is 42.0 Å². The van der Waals surface area contributed by atoms with Gasteiger partial charge in [-0.3, -0.25) is 4.79 Å². The minimum absolute atomic E-state index is 0.0151. The molecule has 0 aliphatic rings. The third-order valence-corrected chi connectivity index (χ3v) is 5.26. The largest absolute Gasteiger partial charge is 0.492 e. The van der Waals surface area contributed by atoms with Crippen LogP contribution in [0.15, 0.2) is 48.5 Å². The van der Waals surface area contributed by atoms with Crippen molar-refractivity contribution in [2.24, 2.45) is 5.92 Å². The Morgan fingerprint density at radius 2 is 1.80 bits per heavy atom. The molecule has 30 heavy (non-hydrogen) atoms. The number of hydrogen-bond donors (Lipinski definition) is 1. The van der Waals surface area contributed by atoms with Crippen molar-refractivity contribution in [3.05, 3.63) is 59.9 Å². The van der Waals surface area contributed by atoms with Gasteiger partial charge in [0, 0.05) is 18.9 Å². The number of carbonyl (C=O) groups excluding carboxylic acids is 1. The van der Waals surface area contributed by atoms with Gasteiger partial charge in [-0.1, -0.05) is 52.0 Å². The van der Waals surface area contributed by atoms with Crippen molar-refractivity contribution in [3.8, 4) is 5.75 Å². The van der Waals surface area contributed by atoms with Crippen molar-refractivity contribution in [2.75, 3.05) is 13.2 Å². The standard InChI is InChI=1S/C25H33N3O2/c1-18(2)20-11-13-21(14-12-20)30-17-16-28-23-9-6-5-8-22(23)27-24(28)10-7-15-26-25(29)19(3)4/h5-6,8-9,11-14,18-19H,7,10,15-17H2,1-4H3,(H,26,29). The van der Waals surface area contributed by atoms with Crippen LogP contribution in [0.4, 0.5) is 0 Å². The molecule has 0 saturated carbocycles. The highest BCUT2D eigenvalue weighted by Crippen LogP contribution is 2.20. The number of para-hydroxylation sites is 2. The Hall–Kier alpha value is -2.82. The number of imidazole rings is 1. The summed E-state index contributed by atoms with van der Waals surface area (Å²) < 4.78 is 8.23. The number of carbonyl (C=O) groups is 1. The van der Waals surface area contributed by atoms with E-state index in [-0.39, 0.29) is 11.8 Å². The monoisotopic (exact) mass is 407 g/mol. The van der Waals surface area contributed by atoms with E-state index in [0.29, 0.717) is 19.1 Å². The third-order valence-electron chi connectivity index (χ3n) is 5.26. The number of nitrogens with one attached hydrogen (secondary N) is 1. The van der Waals surface area contributed by atoms with Crippen molar-refractivity contribution in [3.63, 3.8) is 0 Å². The van der Waals surface area contributed by atoms with Crippen LogP contribution in [0.2, 0.25) is 0 Å². The lowest BCUT2D eigenvalue weighted by Gasteiger charge is -2.12. The molecule has 0 aliphatic heterocycles. The number of fused-ring (bicyclic) bond motifs is 1. The van der Waals surface area contributed by atoms with E-state index in [9.17, 15) is 4.79 Å². The Morgan fingerprint density at radius 3 is 2.50 bits per heavy atom. The van der Waals surface area contributed by atoms with Gasteiger partial charge >= 0.3 is 0 Å². The van der Waals surface area contributed by atoms with Gasteiger partial charge in [0.1, 0.15) is 18.2 Å². The lowest BCUT2D eigenvalue weighted by atomic mass is 10.0. The fourth-order valence-electron chi connectivity index (χ4n) is 3.43. The van der Waals surface area contributed by atoms with Gasteiger partial charge < -0.3 is 14.6 Å². The second-order valence-corrected chi connectivity index (χ2v) is 8.29. The molecule has 0 bridgehead atoms. The molecule has 1 aromatic heterocycles. The molecular weight excluding hydrogens is 374 g/mol. The zero-order valence-electron chi connectivity index (χ0n) is 18.5. The van der Waals surface area contributed by atoms with Crippen LogP contribution in [-0.4, -0.2) is 28.6 Å². The Labute approximate surface area is 179 Å². The highest BCUT2D eigenvalue weighted by Gasteiger charge is 2.11. The first-order valence-electron chi connectivity index (χ1n) is 10.9. The number of aryl methyl sites for hydroxylation is 1. The number of ether oxygens (including phenoxy) is 1. The second-order valence-electron chi connectivity index (χ2n) is 8.29. The highest BCUT2D eigenvalue weighted by molar-refractivity contribution is 5.77. The van der Waals surface area contributed by atoms with Gasteiger partial charge in [0.25, 0.3) is 0 Å². The molecule has 0 atom stereocenters. The summed E-state index contributed by atoms with van der Waals surface area (Å²) in [6, 6.07) is 16.5. The van der Waals surface area contributed by atoms with Gasteiger partial charge in [-0.2, -0.15) is 0 Å². The van der Waals surface area contributed by atoms with E-state index in [2.05, 4.69) is 41.9 Å². The summed E-state index contributed by atoms with van der Waals surface area (Å²) in [5.41, 5.74) is 3.44. The highest BCUT2D eigenvalue weighted by atomic mass is 16.5. The van der Waals surface area contributed by atoms with Crippen LogP contribution in [0, 0.1) is 5.92 Å². The molecule has 3 rings (SSSR count). The predicted molar refractivity (Wildman–Crippen MR) is 122 cm³/mol. The summed E-state index contributed by atoms with van der Waals surface area (Å²) in [6.45, 7) is 10.2. The zero-order valence-corrected chi connectivity index (χ0v) is 18.5. The summed E-state index contributed by atoms with van der Waals surface area (Å²) in [7, 11) is 0. The maximum Gasteiger partial charge on any atom is 0.222 e. The number of rotatable bonds is 10. The lowest BCUT2D eigenvalue weighted by Crippen LogP contribution is -2.28. The second kappa shape index (κ2) is 10.3. The van der Waals surface area contributed by atoms with E-state index in [1.54, 1.807) is 0 Å². The molecule has 1 N–H and O–H groups in total. The molecule has 2 aromatic carbocycles. The van der Waals surface area contributed by atoms with Gasteiger partial charge in [0.2, 0.25) is 5.91 Å². The maximum atomic E-state index is 11.7. The fourth-order valence-corrected chi connectivity index (χ4v) is 3.43. The Balaban J connectivity index is 1.62. The van der Waals surface area contributed by atoms with Gasteiger partial charge in [-0.25, -0.2) is 4.98 Å². The Bertz CT molecular complexity index is 958. The summed E-state index contributed by atoms with van der Waals surface area (Å²) in [5.74, 6) is 2.56. The summed E-state index contributed by atoms with van der Waals surface area (Å²) in [4.78, 5) is 16.6. The molecule has 0 aliphatic carbocycles. The Kier molecular flexibility index (Phi) is 7.50. The summed E-state index contributed by atoms with van der Waals surface area (Å²) in [6.07, 6.45) is 1.68. The van der Waals surface area contributed by atoms with E-state index in [4.69, 9.17) is 9.72 Å². The number of amides is 1. The van der Waals surface area contributed by atoms with Crippen LogP contribution in [0.25, 0.3) is 11.0 Å². The average molecular weight is 408 g/mol. The number of hydrogen-bond acceptors (Lipinski definition) is 3. The smallest absolute Gasteiger partial charge is 0.222 e. The normalized spacial score (nSPS) is 11.4. The number of nitrogens with zero attached hydrogens (tertiary/aromatic N) is 2. The van der Waals surface area contributed by atoms with E-state index in [1.165, 1.54) is 5.56 Å². The maximum absolute atomic E-state index is 11.7.